The predicted octanol–water partition coefficient (Wildman–Crippen LogP) is 3.37. The van der Waals surface area contributed by atoms with E-state index in [9.17, 15) is 18.0 Å². The molecule has 9 heteroatoms. The lowest BCUT2D eigenvalue weighted by Gasteiger charge is -2.14. The van der Waals surface area contributed by atoms with Crippen LogP contribution < -0.4 is 4.74 Å². The number of methoxy groups -OCH3 is 1. The number of aromatic nitrogens is 3. The van der Waals surface area contributed by atoms with Gasteiger partial charge in [0, 0.05) is 37.3 Å². The van der Waals surface area contributed by atoms with Gasteiger partial charge in [-0.1, -0.05) is 0 Å². The SMILES string of the molecule is COc1ccc2c(C(=O)N(C)C)cc(-c3cnn(CC(F)(F)F)c3)nc2c1. The van der Waals surface area contributed by atoms with Gasteiger partial charge in [0.1, 0.15) is 12.3 Å². The van der Waals surface area contributed by atoms with Crippen LogP contribution in [0, 0.1) is 0 Å². The molecule has 0 N–H and O–H groups in total. The molecule has 0 aliphatic heterocycles. The number of pyridine rings is 1. The first-order chi connectivity index (χ1) is 12.7. The Kier molecular flexibility index (Phi) is 4.77. The smallest absolute Gasteiger partial charge is 0.408 e. The molecule has 6 nitrogen and oxygen atoms in total. The number of fused-ring (bicyclic) bond motifs is 1. The van der Waals surface area contributed by atoms with Crippen LogP contribution in [0.25, 0.3) is 22.2 Å². The quantitative estimate of drug-likeness (QED) is 0.698. The second-order valence-corrected chi connectivity index (χ2v) is 6.18. The maximum Gasteiger partial charge on any atom is 0.408 e. The Balaban J connectivity index is 2.14. The third kappa shape index (κ3) is 4.02. The highest BCUT2D eigenvalue weighted by atomic mass is 19.4. The lowest BCUT2D eigenvalue weighted by molar-refractivity contribution is -0.142. The highest BCUT2D eigenvalue weighted by Crippen LogP contribution is 2.28. The zero-order valence-electron chi connectivity index (χ0n) is 14.9. The number of hydrogen-bond acceptors (Lipinski definition) is 4. The van der Waals surface area contributed by atoms with Gasteiger partial charge >= 0.3 is 6.18 Å². The molecule has 2 heterocycles. The summed E-state index contributed by atoms with van der Waals surface area (Å²) in [6.07, 6.45) is -1.82. The van der Waals surface area contributed by atoms with Gasteiger partial charge in [0.2, 0.25) is 0 Å². The van der Waals surface area contributed by atoms with Crippen LogP contribution in [0.5, 0.6) is 5.75 Å². The van der Waals surface area contributed by atoms with E-state index in [2.05, 4.69) is 10.1 Å². The summed E-state index contributed by atoms with van der Waals surface area (Å²) in [5.41, 5.74) is 1.64. The number of carbonyl (C=O) groups is 1. The van der Waals surface area contributed by atoms with E-state index in [1.54, 1.807) is 38.4 Å². The summed E-state index contributed by atoms with van der Waals surface area (Å²) in [5.74, 6) is 0.319. The molecular weight excluding hydrogens is 361 g/mol. The Morgan fingerprint density at radius 3 is 2.63 bits per heavy atom. The van der Waals surface area contributed by atoms with Crippen LogP contribution in [0.1, 0.15) is 10.4 Å². The van der Waals surface area contributed by atoms with Gasteiger partial charge in [0.25, 0.3) is 5.91 Å². The van der Waals surface area contributed by atoms with Crippen LogP contribution in [0.2, 0.25) is 0 Å². The average molecular weight is 378 g/mol. The first-order valence-electron chi connectivity index (χ1n) is 7.98. The minimum Gasteiger partial charge on any atom is -0.497 e. The Hall–Kier alpha value is -3.10. The lowest BCUT2D eigenvalue weighted by atomic mass is 10.0. The van der Waals surface area contributed by atoms with Gasteiger partial charge in [-0.25, -0.2) is 4.98 Å². The molecule has 0 atom stereocenters. The fourth-order valence-corrected chi connectivity index (χ4v) is 2.67. The zero-order chi connectivity index (χ0) is 19.8. The van der Waals surface area contributed by atoms with E-state index in [1.807, 2.05) is 0 Å². The van der Waals surface area contributed by atoms with Crippen LogP contribution in [-0.4, -0.2) is 53.0 Å². The predicted molar refractivity (Wildman–Crippen MR) is 93.6 cm³/mol. The molecule has 3 aromatic rings. The molecule has 0 saturated heterocycles. The summed E-state index contributed by atoms with van der Waals surface area (Å²) in [7, 11) is 4.76. The highest BCUT2D eigenvalue weighted by molar-refractivity contribution is 6.07. The van der Waals surface area contributed by atoms with Crippen molar-refractivity contribution in [3.05, 3.63) is 42.2 Å². The maximum atomic E-state index is 12.6. The summed E-state index contributed by atoms with van der Waals surface area (Å²) < 4.78 is 43.7. The van der Waals surface area contributed by atoms with Crippen molar-refractivity contribution in [3.8, 4) is 17.0 Å². The number of hydrogen-bond donors (Lipinski definition) is 0. The second-order valence-electron chi connectivity index (χ2n) is 6.18. The van der Waals surface area contributed by atoms with Gasteiger partial charge in [-0.3, -0.25) is 9.48 Å². The Bertz CT molecular complexity index is 996. The van der Waals surface area contributed by atoms with Gasteiger partial charge < -0.3 is 9.64 Å². The third-order valence-electron chi connectivity index (χ3n) is 3.92. The molecule has 27 heavy (non-hydrogen) atoms. The van der Waals surface area contributed by atoms with Crippen LogP contribution in [0.3, 0.4) is 0 Å². The third-order valence-corrected chi connectivity index (χ3v) is 3.92. The molecule has 0 unspecified atom stereocenters. The van der Waals surface area contributed by atoms with E-state index in [0.29, 0.717) is 33.5 Å². The van der Waals surface area contributed by atoms with E-state index in [1.165, 1.54) is 24.4 Å². The van der Waals surface area contributed by atoms with E-state index in [4.69, 9.17) is 4.74 Å². The zero-order valence-corrected chi connectivity index (χ0v) is 14.9. The fourth-order valence-electron chi connectivity index (χ4n) is 2.67. The maximum absolute atomic E-state index is 12.6. The van der Waals surface area contributed by atoms with E-state index < -0.39 is 12.7 Å². The van der Waals surface area contributed by atoms with Gasteiger partial charge in [-0.2, -0.15) is 18.3 Å². The van der Waals surface area contributed by atoms with Gasteiger partial charge in [0.05, 0.1) is 30.1 Å². The molecule has 0 radical (unpaired) electrons. The van der Waals surface area contributed by atoms with Crippen LogP contribution >= 0.6 is 0 Å². The van der Waals surface area contributed by atoms with E-state index in [-0.39, 0.29) is 5.91 Å². The summed E-state index contributed by atoms with van der Waals surface area (Å²) >= 11 is 0. The molecule has 0 saturated carbocycles. The Morgan fingerprint density at radius 1 is 1.26 bits per heavy atom. The van der Waals surface area contributed by atoms with Gasteiger partial charge in [-0.05, 0) is 18.2 Å². The molecule has 0 fully saturated rings. The van der Waals surface area contributed by atoms with Crippen molar-refractivity contribution < 1.29 is 22.7 Å². The topological polar surface area (TPSA) is 60.2 Å². The molecule has 1 amide bonds. The summed E-state index contributed by atoms with van der Waals surface area (Å²) in [6.45, 7) is -1.20. The fraction of sp³-hybridized carbons (Fsp3) is 0.278. The summed E-state index contributed by atoms with van der Waals surface area (Å²) in [5, 5.41) is 4.36. The van der Waals surface area contributed by atoms with Crippen molar-refractivity contribution in [3.63, 3.8) is 0 Å². The standard InChI is InChI=1S/C18H17F3N4O2/c1-24(2)17(26)14-7-15(11-8-22-25(9-11)10-18(19,20)21)23-16-6-12(27-3)4-5-13(14)16/h4-9H,10H2,1-3H3. The molecule has 0 bridgehead atoms. The van der Waals surface area contributed by atoms with Crippen molar-refractivity contribution in [2.45, 2.75) is 12.7 Å². The second kappa shape index (κ2) is 6.90. The molecule has 1 aromatic carbocycles. The number of rotatable bonds is 4. The van der Waals surface area contributed by atoms with Crippen molar-refractivity contribution in [1.29, 1.82) is 0 Å². The Morgan fingerprint density at radius 2 is 2.00 bits per heavy atom. The first kappa shape index (κ1) is 18.7. The van der Waals surface area contributed by atoms with Crippen LogP contribution in [0.4, 0.5) is 13.2 Å². The molecule has 0 aliphatic carbocycles. The number of carbonyl (C=O) groups excluding carboxylic acids is 1. The first-order valence-corrected chi connectivity index (χ1v) is 7.98. The number of alkyl halides is 3. The Labute approximate surface area is 153 Å². The van der Waals surface area contributed by atoms with Crippen LogP contribution in [0.15, 0.2) is 36.7 Å². The molecule has 2 aromatic heterocycles. The highest BCUT2D eigenvalue weighted by Gasteiger charge is 2.28. The van der Waals surface area contributed by atoms with Gasteiger partial charge in [0.15, 0.2) is 0 Å². The molecule has 0 spiro atoms. The summed E-state index contributed by atoms with van der Waals surface area (Å²) in [4.78, 5) is 18.5. The molecule has 0 aliphatic rings. The largest absolute Gasteiger partial charge is 0.497 e. The minimum absolute atomic E-state index is 0.239. The van der Waals surface area contributed by atoms with Gasteiger partial charge in [-0.15, -0.1) is 0 Å². The number of amides is 1. The van der Waals surface area contributed by atoms with Crippen molar-refractivity contribution in [2.24, 2.45) is 0 Å². The number of halogens is 3. The number of ether oxygens (including phenoxy) is 1. The normalized spacial score (nSPS) is 11.6. The molecule has 142 valence electrons. The van der Waals surface area contributed by atoms with Crippen molar-refractivity contribution in [2.75, 3.05) is 21.2 Å². The van der Waals surface area contributed by atoms with E-state index >= 15 is 0 Å². The van der Waals surface area contributed by atoms with Crippen molar-refractivity contribution in [1.82, 2.24) is 19.7 Å². The minimum atomic E-state index is -4.38. The van der Waals surface area contributed by atoms with E-state index in [0.717, 1.165) is 4.68 Å². The number of benzene rings is 1. The lowest BCUT2D eigenvalue weighted by Crippen LogP contribution is -2.22. The summed E-state index contributed by atoms with van der Waals surface area (Å²) in [6, 6.07) is 6.68. The molecular formula is C18H17F3N4O2. The molecule has 3 rings (SSSR count). The average Bonchev–Trinajstić information content (AvgIpc) is 3.05. The van der Waals surface area contributed by atoms with Crippen LogP contribution in [-0.2, 0) is 6.54 Å². The van der Waals surface area contributed by atoms with Crippen molar-refractivity contribution >= 4 is 16.8 Å². The number of nitrogens with zero attached hydrogens (tertiary/aromatic N) is 4. The monoisotopic (exact) mass is 378 g/mol.